The van der Waals surface area contributed by atoms with Crippen LogP contribution in [0.3, 0.4) is 0 Å². The first-order valence-electron chi connectivity index (χ1n) is 4.13. The van der Waals surface area contributed by atoms with Gasteiger partial charge in [0.25, 0.3) is 0 Å². The molecule has 0 nitrogen and oxygen atoms in total. The lowest BCUT2D eigenvalue weighted by molar-refractivity contribution is 0.729. The Bertz CT molecular complexity index is 104. The molecule has 0 saturated carbocycles. The molecule has 1 aliphatic rings. The van der Waals surface area contributed by atoms with Gasteiger partial charge in [0, 0.05) is 0 Å². The molecule has 0 unspecified atom stereocenters. The SMILES string of the molecule is [CH]1CC=CC=CCCCC1. The maximum Gasteiger partial charge on any atom is -0.0316 e. The second-order valence-corrected chi connectivity index (χ2v) is 2.67. The second kappa shape index (κ2) is 5.28. The van der Waals surface area contributed by atoms with Crippen LogP contribution in [0.4, 0.5) is 0 Å². The Labute approximate surface area is 63.6 Å². The molecule has 1 aliphatic carbocycles. The van der Waals surface area contributed by atoms with E-state index in [1.165, 1.54) is 25.7 Å². The first kappa shape index (κ1) is 7.59. The van der Waals surface area contributed by atoms with Crippen LogP contribution in [0.2, 0.25) is 0 Å². The van der Waals surface area contributed by atoms with Crippen molar-refractivity contribution >= 4 is 0 Å². The van der Waals surface area contributed by atoms with E-state index in [1.54, 1.807) is 0 Å². The third-order valence-corrected chi connectivity index (χ3v) is 1.72. The fourth-order valence-electron chi connectivity index (χ4n) is 1.10. The zero-order chi connectivity index (χ0) is 7.07. The van der Waals surface area contributed by atoms with E-state index in [9.17, 15) is 0 Å². The molecule has 0 spiro atoms. The van der Waals surface area contributed by atoms with Crippen LogP contribution in [-0.4, -0.2) is 0 Å². The third kappa shape index (κ3) is 3.49. The van der Waals surface area contributed by atoms with Crippen molar-refractivity contribution in [2.45, 2.75) is 32.1 Å². The van der Waals surface area contributed by atoms with E-state index >= 15 is 0 Å². The van der Waals surface area contributed by atoms with Crippen LogP contribution in [0.1, 0.15) is 32.1 Å². The molecule has 0 heterocycles. The molecular formula is C10H15. The highest BCUT2D eigenvalue weighted by molar-refractivity contribution is 5.04. The van der Waals surface area contributed by atoms with Gasteiger partial charge in [0.15, 0.2) is 0 Å². The average molecular weight is 135 g/mol. The zero-order valence-electron chi connectivity index (χ0n) is 6.42. The highest BCUT2D eigenvalue weighted by Crippen LogP contribution is 2.07. The minimum atomic E-state index is 1.14. The van der Waals surface area contributed by atoms with Gasteiger partial charge in [-0.3, -0.25) is 0 Å². The van der Waals surface area contributed by atoms with Crippen molar-refractivity contribution in [3.05, 3.63) is 30.7 Å². The molecule has 55 valence electrons. The molecule has 0 fully saturated rings. The summed E-state index contributed by atoms with van der Waals surface area (Å²) >= 11 is 0. The lowest BCUT2D eigenvalue weighted by Crippen LogP contribution is -1.78. The lowest BCUT2D eigenvalue weighted by atomic mass is 10.1. The molecule has 0 aromatic carbocycles. The lowest BCUT2D eigenvalue weighted by Gasteiger charge is -1.97. The van der Waals surface area contributed by atoms with E-state index in [-0.39, 0.29) is 0 Å². The average Bonchev–Trinajstić information content (AvgIpc) is 2.01. The van der Waals surface area contributed by atoms with Crippen molar-refractivity contribution < 1.29 is 0 Å². The van der Waals surface area contributed by atoms with Crippen molar-refractivity contribution in [1.29, 1.82) is 0 Å². The standard InChI is InChI=1S/C10H15/c1-2-4-6-8-10-9-7-5-3-1/h1-4,7H,5-6,8-10H2. The molecule has 0 atom stereocenters. The van der Waals surface area contributed by atoms with Crippen LogP contribution in [0.15, 0.2) is 24.3 Å². The van der Waals surface area contributed by atoms with E-state index in [0.29, 0.717) is 0 Å². The van der Waals surface area contributed by atoms with Gasteiger partial charge >= 0.3 is 0 Å². The second-order valence-electron chi connectivity index (χ2n) is 2.67. The van der Waals surface area contributed by atoms with Crippen LogP contribution in [0, 0.1) is 6.42 Å². The van der Waals surface area contributed by atoms with E-state index < -0.39 is 0 Å². The Hall–Kier alpha value is -0.520. The van der Waals surface area contributed by atoms with E-state index in [1.807, 2.05) is 0 Å². The normalized spacial score (nSPS) is 20.8. The highest BCUT2D eigenvalue weighted by atomic mass is 13.9. The van der Waals surface area contributed by atoms with Crippen LogP contribution < -0.4 is 0 Å². The van der Waals surface area contributed by atoms with E-state index in [0.717, 1.165) is 6.42 Å². The number of allylic oxidation sites excluding steroid dienone is 4. The van der Waals surface area contributed by atoms with Crippen LogP contribution >= 0.6 is 0 Å². The molecule has 0 heteroatoms. The summed E-state index contributed by atoms with van der Waals surface area (Å²) in [5, 5.41) is 0. The van der Waals surface area contributed by atoms with Crippen LogP contribution in [-0.2, 0) is 0 Å². The molecule has 1 radical (unpaired) electrons. The fraction of sp³-hybridized carbons (Fsp3) is 0.500. The van der Waals surface area contributed by atoms with Crippen molar-refractivity contribution in [2.75, 3.05) is 0 Å². The molecule has 0 bridgehead atoms. The van der Waals surface area contributed by atoms with Gasteiger partial charge in [0.2, 0.25) is 0 Å². The molecule has 1 rings (SSSR count). The maximum atomic E-state index is 2.36. The van der Waals surface area contributed by atoms with Crippen molar-refractivity contribution in [2.24, 2.45) is 0 Å². The Morgan fingerprint density at radius 1 is 0.800 bits per heavy atom. The van der Waals surface area contributed by atoms with Crippen molar-refractivity contribution in [3.8, 4) is 0 Å². The van der Waals surface area contributed by atoms with Crippen LogP contribution in [0.5, 0.6) is 0 Å². The minimum Gasteiger partial charge on any atom is -0.0845 e. The quantitative estimate of drug-likeness (QED) is 0.478. The highest BCUT2D eigenvalue weighted by Gasteiger charge is 1.88. The van der Waals surface area contributed by atoms with Gasteiger partial charge in [0.05, 0.1) is 0 Å². The van der Waals surface area contributed by atoms with Gasteiger partial charge in [0.1, 0.15) is 0 Å². The van der Waals surface area contributed by atoms with Gasteiger partial charge in [-0.15, -0.1) is 0 Å². The summed E-state index contributed by atoms with van der Waals surface area (Å²) in [7, 11) is 0. The Balaban J connectivity index is 2.26. The monoisotopic (exact) mass is 135 g/mol. The maximum absolute atomic E-state index is 2.36. The molecule has 0 aromatic heterocycles. The molecule has 0 aliphatic heterocycles. The molecule has 0 amide bonds. The van der Waals surface area contributed by atoms with Gasteiger partial charge in [-0.05, 0) is 32.1 Å². The number of rotatable bonds is 0. The summed E-state index contributed by atoms with van der Waals surface area (Å²) in [4.78, 5) is 0. The Kier molecular flexibility index (Phi) is 4.00. The molecule has 0 saturated heterocycles. The minimum absolute atomic E-state index is 1.14. The first-order chi connectivity index (χ1) is 5.00. The summed E-state index contributed by atoms with van der Waals surface area (Å²) < 4.78 is 0. The number of hydrogen-bond acceptors (Lipinski definition) is 0. The first-order valence-corrected chi connectivity index (χ1v) is 4.13. The van der Waals surface area contributed by atoms with Gasteiger partial charge in [-0.25, -0.2) is 0 Å². The van der Waals surface area contributed by atoms with Gasteiger partial charge < -0.3 is 0 Å². The third-order valence-electron chi connectivity index (χ3n) is 1.72. The zero-order valence-corrected chi connectivity index (χ0v) is 6.42. The Morgan fingerprint density at radius 3 is 2.60 bits per heavy atom. The summed E-state index contributed by atoms with van der Waals surface area (Å²) in [5.41, 5.74) is 0. The van der Waals surface area contributed by atoms with Crippen molar-refractivity contribution in [3.63, 3.8) is 0 Å². The van der Waals surface area contributed by atoms with E-state index in [4.69, 9.17) is 0 Å². The molecule has 10 heavy (non-hydrogen) atoms. The summed E-state index contributed by atoms with van der Waals surface area (Å²) in [6.07, 6.45) is 17.5. The van der Waals surface area contributed by atoms with Crippen LogP contribution in [0.25, 0.3) is 0 Å². The Morgan fingerprint density at radius 2 is 1.60 bits per heavy atom. The smallest absolute Gasteiger partial charge is 0.0316 e. The molecule has 0 N–H and O–H groups in total. The largest absolute Gasteiger partial charge is 0.0845 e. The summed E-state index contributed by atoms with van der Waals surface area (Å²) in [6.45, 7) is 0. The van der Waals surface area contributed by atoms with E-state index in [2.05, 4.69) is 30.7 Å². The van der Waals surface area contributed by atoms with Gasteiger partial charge in [-0.2, -0.15) is 0 Å². The predicted molar refractivity (Wildman–Crippen MR) is 45.7 cm³/mol. The predicted octanol–water partition coefficient (Wildman–Crippen LogP) is 3.27. The topological polar surface area (TPSA) is 0 Å². The number of hydrogen-bond donors (Lipinski definition) is 0. The van der Waals surface area contributed by atoms with Gasteiger partial charge in [-0.1, -0.05) is 30.7 Å². The molecule has 0 aromatic rings. The summed E-state index contributed by atoms with van der Waals surface area (Å²) in [5.74, 6) is 0. The van der Waals surface area contributed by atoms with Crippen molar-refractivity contribution in [1.82, 2.24) is 0 Å². The fourth-order valence-corrected chi connectivity index (χ4v) is 1.10. The molecular weight excluding hydrogens is 120 g/mol. The summed E-state index contributed by atoms with van der Waals surface area (Å²) in [6, 6.07) is 0.